The van der Waals surface area contributed by atoms with E-state index in [1.807, 2.05) is 36.4 Å². The number of carbonyl (C=O) groups excluding carboxylic acids is 3. The molecule has 0 radical (unpaired) electrons. The fourth-order valence-electron chi connectivity index (χ4n) is 7.86. The van der Waals surface area contributed by atoms with E-state index in [0.717, 1.165) is 27.2 Å². The second kappa shape index (κ2) is 20.0. The van der Waals surface area contributed by atoms with Gasteiger partial charge in [-0.15, -0.1) is 0 Å². The Morgan fingerprint density at radius 1 is 0.621 bits per heavy atom. The first-order valence-electron chi connectivity index (χ1n) is 20.2. The number of carbonyl (C=O) groups is 5. The summed E-state index contributed by atoms with van der Waals surface area (Å²) < 4.78 is 16.3. The molecule has 14 nitrogen and oxygen atoms in total. The van der Waals surface area contributed by atoms with Gasteiger partial charge in [0, 0.05) is 5.92 Å². The molecule has 14 heteroatoms. The summed E-state index contributed by atoms with van der Waals surface area (Å²) in [6.07, 6.45) is 2.12. The van der Waals surface area contributed by atoms with Crippen LogP contribution in [0.1, 0.15) is 116 Å². The third-order valence-electron chi connectivity index (χ3n) is 10.7. The molecule has 1 amide bonds. The van der Waals surface area contributed by atoms with Gasteiger partial charge in [0.15, 0.2) is 0 Å². The van der Waals surface area contributed by atoms with Crippen molar-refractivity contribution in [2.24, 2.45) is 17.8 Å². The Balaban J connectivity index is 0.000000213. The number of esters is 2. The molecule has 3 aliphatic carbocycles. The minimum atomic E-state index is -1.07. The number of aliphatic hydroxyl groups is 3. The number of aliphatic hydroxyl groups excluding tert-OH is 3. The SMILES string of the molecule is CC(C)(C)OC(=O)C1C[C@@H](O)CC[C@H]1C(=O)OC(C)(C)C.O=C(O)C1CCC(O)CC1.O=C(O)[C@@H]1CC[C@H](O)CN1C(=O)OCC1c2ccccc2-c2ccccc21. The van der Waals surface area contributed by atoms with E-state index in [4.69, 9.17) is 24.4 Å². The molecular weight excluding hydrogens is 750 g/mol. The van der Waals surface area contributed by atoms with Crippen LogP contribution in [0.2, 0.25) is 0 Å². The molecule has 2 saturated carbocycles. The van der Waals surface area contributed by atoms with E-state index in [1.165, 1.54) is 0 Å². The largest absolute Gasteiger partial charge is 0.481 e. The first-order chi connectivity index (χ1) is 27.1. The average Bonchev–Trinajstić information content (AvgIpc) is 3.46. The van der Waals surface area contributed by atoms with E-state index in [0.29, 0.717) is 44.9 Å². The molecule has 1 saturated heterocycles. The summed E-state index contributed by atoms with van der Waals surface area (Å²) in [5.74, 6) is -4.07. The fraction of sp³-hybridized carbons (Fsp3) is 0.614. The number of piperidine rings is 1. The molecule has 5 N–H and O–H groups in total. The number of carboxylic acids is 2. The Kier molecular flexibility index (Phi) is 15.9. The van der Waals surface area contributed by atoms with Crippen LogP contribution < -0.4 is 0 Å². The normalized spacial score (nSPS) is 25.6. The van der Waals surface area contributed by atoms with Crippen LogP contribution in [-0.2, 0) is 33.4 Å². The predicted molar refractivity (Wildman–Crippen MR) is 213 cm³/mol. The lowest BCUT2D eigenvalue weighted by Crippen LogP contribution is -2.52. The van der Waals surface area contributed by atoms with E-state index < -0.39 is 65.3 Å². The van der Waals surface area contributed by atoms with Crippen molar-refractivity contribution in [3.63, 3.8) is 0 Å². The number of carboxylic acid groups (broad SMARTS) is 2. The molecular formula is C44H61NO13. The summed E-state index contributed by atoms with van der Waals surface area (Å²) >= 11 is 0. The van der Waals surface area contributed by atoms with Gasteiger partial charge in [-0.2, -0.15) is 0 Å². The van der Waals surface area contributed by atoms with Crippen molar-refractivity contribution in [2.45, 2.75) is 141 Å². The van der Waals surface area contributed by atoms with Crippen molar-refractivity contribution in [1.82, 2.24) is 4.90 Å². The van der Waals surface area contributed by atoms with E-state index >= 15 is 0 Å². The van der Waals surface area contributed by atoms with E-state index in [9.17, 15) is 39.3 Å². The Bertz CT molecular complexity index is 1690. The van der Waals surface area contributed by atoms with Gasteiger partial charge < -0.3 is 39.7 Å². The lowest BCUT2D eigenvalue weighted by Gasteiger charge is -2.34. The van der Waals surface area contributed by atoms with Gasteiger partial charge in [-0.25, -0.2) is 9.59 Å². The van der Waals surface area contributed by atoms with Crippen molar-refractivity contribution in [3.8, 4) is 11.1 Å². The van der Waals surface area contributed by atoms with Gasteiger partial charge in [-0.3, -0.25) is 19.3 Å². The number of rotatable bonds is 6. The topological polar surface area (TPSA) is 217 Å². The predicted octanol–water partition coefficient (Wildman–Crippen LogP) is 5.91. The monoisotopic (exact) mass is 811 g/mol. The third-order valence-corrected chi connectivity index (χ3v) is 10.7. The van der Waals surface area contributed by atoms with Crippen molar-refractivity contribution in [1.29, 1.82) is 0 Å². The highest BCUT2D eigenvalue weighted by atomic mass is 16.6. The molecule has 4 aliphatic rings. The van der Waals surface area contributed by atoms with Crippen LogP contribution >= 0.6 is 0 Å². The van der Waals surface area contributed by atoms with Crippen molar-refractivity contribution in [2.75, 3.05) is 13.2 Å². The van der Waals surface area contributed by atoms with Crippen LogP contribution in [0.5, 0.6) is 0 Å². The lowest BCUT2D eigenvalue weighted by molar-refractivity contribution is -0.177. The molecule has 2 aromatic rings. The van der Waals surface area contributed by atoms with Gasteiger partial charge >= 0.3 is 30.0 Å². The number of hydrogen-bond donors (Lipinski definition) is 5. The van der Waals surface area contributed by atoms with Crippen LogP contribution in [0.4, 0.5) is 4.79 Å². The summed E-state index contributed by atoms with van der Waals surface area (Å²) in [6.45, 7) is 10.9. The smallest absolute Gasteiger partial charge is 0.410 e. The zero-order valence-corrected chi connectivity index (χ0v) is 34.5. The first-order valence-corrected chi connectivity index (χ1v) is 20.2. The van der Waals surface area contributed by atoms with Gasteiger partial charge in [0.1, 0.15) is 23.9 Å². The zero-order chi connectivity index (χ0) is 42.9. The second-order valence-corrected chi connectivity index (χ2v) is 17.6. The van der Waals surface area contributed by atoms with Gasteiger partial charge in [0.2, 0.25) is 0 Å². The molecule has 320 valence electrons. The van der Waals surface area contributed by atoms with E-state index in [-0.39, 0.29) is 49.9 Å². The number of fused-ring (bicyclic) bond motifs is 3. The second-order valence-electron chi connectivity index (χ2n) is 17.6. The number of ether oxygens (including phenoxy) is 3. The summed E-state index contributed by atoms with van der Waals surface area (Å²) in [5.41, 5.74) is 3.25. The Hall–Kier alpha value is -4.53. The molecule has 1 aliphatic heterocycles. The number of aliphatic carboxylic acids is 2. The maximum atomic E-state index is 12.6. The molecule has 2 aromatic carbocycles. The molecule has 0 aromatic heterocycles. The van der Waals surface area contributed by atoms with Gasteiger partial charge in [-0.05, 0) is 122 Å². The summed E-state index contributed by atoms with van der Waals surface area (Å²) in [4.78, 5) is 60.1. The maximum absolute atomic E-state index is 12.6. The van der Waals surface area contributed by atoms with Gasteiger partial charge in [0.05, 0.1) is 42.6 Å². The highest BCUT2D eigenvalue weighted by Gasteiger charge is 2.43. The summed E-state index contributed by atoms with van der Waals surface area (Å²) in [6, 6.07) is 15.1. The summed E-state index contributed by atoms with van der Waals surface area (Å²) in [7, 11) is 0. The molecule has 0 bridgehead atoms. The number of hydrogen-bond acceptors (Lipinski definition) is 11. The Morgan fingerprint density at radius 2 is 1.10 bits per heavy atom. The van der Waals surface area contributed by atoms with Crippen LogP contribution in [0.15, 0.2) is 48.5 Å². The standard InChI is InChI=1S/C21H21NO5.C16H28O5.C7H12O3/c23-13-9-10-19(20(24)25)22(11-13)21(26)27-12-18-16-7-3-1-5-14(16)15-6-2-4-8-17(15)18;1-15(2,3)20-13(18)11-8-7-10(17)9-12(11)14(19)21-16(4,5)6;8-6-3-1-5(2-4-6)7(9)10/h1-8,13,18-19,23H,9-12H2,(H,24,25);10-12,17H,7-9H2,1-6H3;5-6,8H,1-4H2,(H,9,10)/t13-,19-;10-,11+,12?;/m00./s1. The van der Waals surface area contributed by atoms with E-state index in [2.05, 4.69) is 12.1 Å². The number of β-amino-alcohol motifs (C(OH)–C–C–N with tert-alkyl or cyclic N) is 1. The molecule has 1 heterocycles. The molecule has 3 fully saturated rings. The lowest BCUT2D eigenvalue weighted by atomic mass is 9.77. The Morgan fingerprint density at radius 3 is 1.60 bits per heavy atom. The number of amides is 1. The van der Waals surface area contributed by atoms with Crippen LogP contribution in [-0.4, -0.2) is 109 Å². The maximum Gasteiger partial charge on any atom is 0.410 e. The molecule has 0 spiro atoms. The minimum absolute atomic E-state index is 0.0202. The number of likely N-dealkylation sites (tertiary alicyclic amines) is 1. The highest BCUT2D eigenvalue weighted by molar-refractivity contribution is 5.83. The number of benzene rings is 2. The molecule has 58 heavy (non-hydrogen) atoms. The van der Waals surface area contributed by atoms with E-state index in [1.54, 1.807) is 41.5 Å². The van der Waals surface area contributed by atoms with Crippen molar-refractivity contribution in [3.05, 3.63) is 59.7 Å². The van der Waals surface area contributed by atoms with Crippen molar-refractivity contribution >= 4 is 30.0 Å². The van der Waals surface area contributed by atoms with Gasteiger partial charge in [0.25, 0.3) is 0 Å². The summed E-state index contributed by atoms with van der Waals surface area (Å²) in [5, 5.41) is 46.5. The third kappa shape index (κ3) is 13.0. The average molecular weight is 812 g/mol. The quantitative estimate of drug-likeness (QED) is 0.169. The van der Waals surface area contributed by atoms with Crippen LogP contribution in [0, 0.1) is 17.8 Å². The Labute approximate surface area is 340 Å². The first kappa shape index (κ1) is 46.2. The molecule has 1 unspecified atom stereocenters. The number of nitrogens with zero attached hydrogens (tertiary/aromatic N) is 1. The molecule has 6 rings (SSSR count). The van der Waals surface area contributed by atoms with Crippen LogP contribution in [0.25, 0.3) is 11.1 Å². The fourth-order valence-corrected chi connectivity index (χ4v) is 7.86. The zero-order valence-electron chi connectivity index (χ0n) is 34.5. The van der Waals surface area contributed by atoms with Crippen molar-refractivity contribution < 1.29 is 63.7 Å². The van der Waals surface area contributed by atoms with Crippen LogP contribution in [0.3, 0.4) is 0 Å². The molecule has 5 atom stereocenters. The van der Waals surface area contributed by atoms with Gasteiger partial charge in [-0.1, -0.05) is 48.5 Å². The highest BCUT2D eigenvalue weighted by Crippen LogP contribution is 2.44. The minimum Gasteiger partial charge on any atom is -0.481 e.